The van der Waals surface area contributed by atoms with Crippen LogP contribution in [0.25, 0.3) is 0 Å². The summed E-state index contributed by atoms with van der Waals surface area (Å²) in [6.45, 7) is 3.10. The molecule has 1 atom stereocenters. The van der Waals surface area contributed by atoms with Crippen molar-refractivity contribution in [2.24, 2.45) is 5.92 Å². The fraction of sp³-hybridized carbons (Fsp3) is 0.400. The summed E-state index contributed by atoms with van der Waals surface area (Å²) in [7, 11) is 0. The van der Waals surface area contributed by atoms with E-state index in [1.165, 1.54) is 12.8 Å². The lowest BCUT2D eigenvalue weighted by atomic mass is 10.00. The molecule has 20 heavy (non-hydrogen) atoms. The van der Waals surface area contributed by atoms with Gasteiger partial charge >= 0.3 is 0 Å². The van der Waals surface area contributed by atoms with Gasteiger partial charge in [-0.3, -0.25) is 4.68 Å². The van der Waals surface area contributed by atoms with Gasteiger partial charge in [0, 0.05) is 12.6 Å². The first-order valence-electron chi connectivity index (χ1n) is 7.00. The topological polar surface area (TPSA) is 59.3 Å². The second kappa shape index (κ2) is 5.96. The van der Waals surface area contributed by atoms with Crippen molar-refractivity contribution in [3.8, 4) is 17.2 Å². The van der Waals surface area contributed by atoms with Crippen molar-refractivity contribution in [1.82, 2.24) is 15.1 Å². The number of aromatic hydroxyl groups is 1. The molecule has 0 saturated carbocycles. The number of hydrogen-bond donors (Lipinski definition) is 2. The van der Waals surface area contributed by atoms with E-state index in [1.807, 2.05) is 16.9 Å². The van der Waals surface area contributed by atoms with Gasteiger partial charge in [0.15, 0.2) is 5.75 Å². The summed E-state index contributed by atoms with van der Waals surface area (Å²) >= 11 is 0. The molecule has 5 nitrogen and oxygen atoms in total. The Morgan fingerprint density at radius 2 is 2.35 bits per heavy atom. The minimum Gasteiger partial charge on any atom is -0.508 e. The van der Waals surface area contributed by atoms with Crippen LogP contribution in [0.3, 0.4) is 0 Å². The molecule has 1 saturated heterocycles. The number of hydrogen-bond acceptors (Lipinski definition) is 4. The van der Waals surface area contributed by atoms with Crippen LogP contribution < -0.4 is 10.1 Å². The van der Waals surface area contributed by atoms with Crippen molar-refractivity contribution in [1.29, 1.82) is 0 Å². The first-order chi connectivity index (χ1) is 9.79. The number of nitrogens with zero attached hydrogens (tertiary/aromatic N) is 2. The summed E-state index contributed by atoms with van der Waals surface area (Å²) < 4.78 is 7.60. The van der Waals surface area contributed by atoms with E-state index in [1.54, 1.807) is 24.4 Å². The smallest absolute Gasteiger partial charge is 0.165 e. The molecule has 2 aromatic rings. The molecule has 0 spiro atoms. The van der Waals surface area contributed by atoms with E-state index in [-0.39, 0.29) is 5.75 Å². The Hall–Kier alpha value is -2.01. The number of aromatic nitrogens is 2. The lowest BCUT2D eigenvalue weighted by Crippen LogP contribution is -2.32. The Kier molecular flexibility index (Phi) is 3.87. The zero-order chi connectivity index (χ0) is 13.8. The number of rotatable bonds is 4. The third-order valence-corrected chi connectivity index (χ3v) is 3.51. The van der Waals surface area contributed by atoms with Crippen molar-refractivity contribution >= 4 is 0 Å². The highest BCUT2D eigenvalue weighted by Crippen LogP contribution is 2.24. The largest absolute Gasteiger partial charge is 0.508 e. The standard InChI is InChI=1S/C15H19N3O2/c19-13-4-1-5-14(7-13)20-15-9-17-18(11-15)10-12-3-2-6-16-8-12/h1,4-5,7,9,11-12,16,19H,2-3,6,8,10H2. The zero-order valence-corrected chi connectivity index (χ0v) is 11.3. The highest BCUT2D eigenvalue weighted by Gasteiger charge is 2.14. The van der Waals surface area contributed by atoms with E-state index in [4.69, 9.17) is 4.74 Å². The third-order valence-electron chi connectivity index (χ3n) is 3.51. The Morgan fingerprint density at radius 3 is 3.15 bits per heavy atom. The Labute approximate surface area is 118 Å². The fourth-order valence-electron chi connectivity index (χ4n) is 2.52. The number of ether oxygens (including phenoxy) is 1. The van der Waals surface area contributed by atoms with E-state index in [0.29, 0.717) is 17.4 Å². The minimum absolute atomic E-state index is 0.197. The first-order valence-corrected chi connectivity index (χ1v) is 7.00. The van der Waals surface area contributed by atoms with Crippen LogP contribution in [-0.4, -0.2) is 28.0 Å². The average molecular weight is 273 g/mol. The SMILES string of the molecule is Oc1cccc(Oc2cnn(CC3CCCNC3)c2)c1. The molecule has 2 N–H and O–H groups in total. The Balaban J connectivity index is 1.61. The summed E-state index contributed by atoms with van der Waals surface area (Å²) in [4.78, 5) is 0. The van der Waals surface area contributed by atoms with E-state index < -0.39 is 0 Å². The molecule has 0 amide bonds. The van der Waals surface area contributed by atoms with Gasteiger partial charge in [-0.2, -0.15) is 5.10 Å². The second-order valence-electron chi connectivity index (χ2n) is 5.21. The quantitative estimate of drug-likeness (QED) is 0.898. The van der Waals surface area contributed by atoms with Crippen LogP contribution in [0, 0.1) is 5.92 Å². The summed E-state index contributed by atoms with van der Waals surface area (Å²) in [5.41, 5.74) is 0. The van der Waals surface area contributed by atoms with Crippen LogP contribution in [0.5, 0.6) is 17.2 Å². The molecule has 1 fully saturated rings. The molecule has 0 radical (unpaired) electrons. The highest BCUT2D eigenvalue weighted by molar-refractivity contribution is 5.34. The van der Waals surface area contributed by atoms with Crippen LogP contribution in [0.2, 0.25) is 0 Å². The predicted molar refractivity (Wildman–Crippen MR) is 76.0 cm³/mol. The molecule has 1 aliphatic rings. The van der Waals surface area contributed by atoms with Crippen LogP contribution >= 0.6 is 0 Å². The Morgan fingerprint density at radius 1 is 1.40 bits per heavy atom. The van der Waals surface area contributed by atoms with Gasteiger partial charge in [-0.05, 0) is 44.0 Å². The van der Waals surface area contributed by atoms with Crippen LogP contribution in [0.4, 0.5) is 0 Å². The molecule has 2 heterocycles. The van der Waals surface area contributed by atoms with E-state index in [9.17, 15) is 5.11 Å². The summed E-state index contributed by atoms with van der Waals surface area (Å²) in [6.07, 6.45) is 6.09. The number of phenols is 1. The monoisotopic (exact) mass is 273 g/mol. The van der Waals surface area contributed by atoms with Gasteiger partial charge < -0.3 is 15.2 Å². The fourth-order valence-corrected chi connectivity index (χ4v) is 2.52. The molecule has 3 rings (SSSR count). The zero-order valence-electron chi connectivity index (χ0n) is 11.3. The Bertz CT molecular complexity index is 562. The van der Waals surface area contributed by atoms with Crippen molar-refractivity contribution < 1.29 is 9.84 Å². The molecule has 5 heteroatoms. The molecule has 0 bridgehead atoms. The summed E-state index contributed by atoms with van der Waals surface area (Å²) in [6, 6.07) is 6.76. The lowest BCUT2D eigenvalue weighted by Gasteiger charge is -2.22. The first kappa shape index (κ1) is 13.0. The van der Waals surface area contributed by atoms with Gasteiger partial charge in [0.25, 0.3) is 0 Å². The average Bonchev–Trinajstić information content (AvgIpc) is 2.87. The normalized spacial score (nSPS) is 18.9. The number of piperidine rings is 1. The van der Waals surface area contributed by atoms with Gasteiger partial charge in [0.05, 0.1) is 12.4 Å². The molecule has 106 valence electrons. The van der Waals surface area contributed by atoms with Gasteiger partial charge in [-0.25, -0.2) is 0 Å². The van der Waals surface area contributed by atoms with Crippen molar-refractivity contribution in [2.45, 2.75) is 19.4 Å². The molecular formula is C15H19N3O2. The van der Waals surface area contributed by atoms with Crippen LogP contribution in [0.1, 0.15) is 12.8 Å². The molecule has 1 unspecified atom stereocenters. The third kappa shape index (κ3) is 3.30. The van der Waals surface area contributed by atoms with Crippen molar-refractivity contribution in [3.05, 3.63) is 36.7 Å². The summed E-state index contributed by atoms with van der Waals surface area (Å²) in [5.74, 6) is 2.14. The van der Waals surface area contributed by atoms with Gasteiger partial charge in [-0.1, -0.05) is 6.07 Å². The number of phenolic OH excluding ortho intramolecular Hbond substituents is 1. The molecule has 1 aromatic carbocycles. The second-order valence-corrected chi connectivity index (χ2v) is 5.21. The predicted octanol–water partition coefficient (Wildman–Crippen LogP) is 2.38. The van der Waals surface area contributed by atoms with Crippen LogP contribution in [0.15, 0.2) is 36.7 Å². The van der Waals surface area contributed by atoms with Gasteiger partial charge in [0.1, 0.15) is 11.5 Å². The van der Waals surface area contributed by atoms with E-state index >= 15 is 0 Å². The maximum atomic E-state index is 9.40. The molecule has 1 aromatic heterocycles. The maximum Gasteiger partial charge on any atom is 0.165 e. The number of nitrogens with one attached hydrogen (secondary N) is 1. The lowest BCUT2D eigenvalue weighted by molar-refractivity contribution is 0.325. The summed E-state index contributed by atoms with van der Waals surface area (Å²) in [5, 5.41) is 17.1. The highest BCUT2D eigenvalue weighted by atomic mass is 16.5. The van der Waals surface area contributed by atoms with Crippen molar-refractivity contribution in [2.75, 3.05) is 13.1 Å². The van der Waals surface area contributed by atoms with Crippen LogP contribution in [-0.2, 0) is 6.54 Å². The molecular weight excluding hydrogens is 254 g/mol. The number of benzene rings is 1. The van der Waals surface area contributed by atoms with Crippen molar-refractivity contribution in [3.63, 3.8) is 0 Å². The van der Waals surface area contributed by atoms with Gasteiger partial charge in [0.2, 0.25) is 0 Å². The van der Waals surface area contributed by atoms with E-state index in [0.717, 1.165) is 19.6 Å². The molecule has 0 aliphatic carbocycles. The van der Waals surface area contributed by atoms with E-state index in [2.05, 4.69) is 10.4 Å². The maximum absolute atomic E-state index is 9.40. The molecule has 1 aliphatic heterocycles. The van der Waals surface area contributed by atoms with Gasteiger partial charge in [-0.15, -0.1) is 0 Å². The minimum atomic E-state index is 0.197.